The summed E-state index contributed by atoms with van der Waals surface area (Å²) in [6.45, 7) is 0. The molecule has 4 atom stereocenters. The standard InChI is InChI=1S/C16H16Br4/c17-15(18)11-5-1-2-6-12(11,15)10-14-8-4-3-7-13(14,9-11)16(14,19)20/h1-4H,5-10H2/t11-,12+,13-,14+. The lowest BCUT2D eigenvalue weighted by Gasteiger charge is -2.40. The zero-order valence-corrected chi connectivity index (χ0v) is 17.4. The van der Waals surface area contributed by atoms with E-state index < -0.39 is 0 Å². The van der Waals surface area contributed by atoms with E-state index in [4.69, 9.17) is 0 Å². The van der Waals surface area contributed by atoms with Crippen LogP contribution in [0.5, 0.6) is 0 Å². The second kappa shape index (κ2) is 3.42. The summed E-state index contributed by atoms with van der Waals surface area (Å²) in [5, 5.41) is 0. The highest BCUT2D eigenvalue weighted by Crippen LogP contribution is 3.01. The van der Waals surface area contributed by atoms with Crippen molar-refractivity contribution in [1.29, 1.82) is 0 Å². The Labute approximate surface area is 153 Å². The van der Waals surface area contributed by atoms with Crippen LogP contribution in [0.1, 0.15) is 38.5 Å². The lowest BCUT2D eigenvalue weighted by Crippen LogP contribution is -2.33. The molecule has 0 bridgehead atoms. The largest absolute Gasteiger partial charge is 0.0935 e. The highest BCUT2D eigenvalue weighted by atomic mass is 79.9. The number of allylic oxidation sites excluding steroid dienone is 4. The Morgan fingerprint density at radius 2 is 0.750 bits per heavy atom. The molecule has 20 heavy (non-hydrogen) atoms. The Morgan fingerprint density at radius 1 is 0.500 bits per heavy atom. The fraction of sp³-hybridized carbons (Fsp3) is 0.750. The van der Waals surface area contributed by atoms with E-state index in [-0.39, 0.29) is 6.47 Å². The fourth-order valence-corrected chi connectivity index (χ4v) is 11.4. The summed E-state index contributed by atoms with van der Waals surface area (Å²) in [5.41, 5.74) is 1.64. The van der Waals surface area contributed by atoms with Crippen molar-refractivity contribution in [3.63, 3.8) is 0 Å². The van der Waals surface area contributed by atoms with Crippen LogP contribution < -0.4 is 0 Å². The van der Waals surface area contributed by atoms with Crippen molar-refractivity contribution in [1.82, 2.24) is 0 Å². The first kappa shape index (κ1) is 13.8. The van der Waals surface area contributed by atoms with Gasteiger partial charge in [0.1, 0.15) is 0 Å². The zero-order chi connectivity index (χ0) is 14.1. The molecule has 0 unspecified atom stereocenters. The van der Waals surface area contributed by atoms with Crippen LogP contribution in [0.2, 0.25) is 0 Å². The average molecular weight is 528 g/mol. The van der Waals surface area contributed by atoms with Crippen LogP contribution in [0.25, 0.3) is 0 Å². The Hall–Kier alpha value is 1.40. The van der Waals surface area contributed by atoms with Crippen molar-refractivity contribution in [2.45, 2.75) is 45.0 Å². The molecule has 0 aromatic rings. The molecule has 0 spiro atoms. The topological polar surface area (TPSA) is 0 Å². The first-order valence-corrected chi connectivity index (χ1v) is 10.6. The van der Waals surface area contributed by atoms with E-state index in [9.17, 15) is 0 Å². The van der Waals surface area contributed by atoms with Gasteiger partial charge in [-0.2, -0.15) is 0 Å². The minimum Gasteiger partial charge on any atom is -0.0879 e. The van der Waals surface area contributed by atoms with Gasteiger partial charge in [0, 0.05) is 21.7 Å². The van der Waals surface area contributed by atoms with E-state index in [0.717, 1.165) is 0 Å². The Morgan fingerprint density at radius 3 is 1.00 bits per heavy atom. The van der Waals surface area contributed by atoms with Crippen molar-refractivity contribution in [3.8, 4) is 0 Å². The lowest BCUT2D eigenvalue weighted by atomic mass is 9.62. The molecule has 5 rings (SSSR count). The third-order valence-electron chi connectivity index (χ3n) is 7.52. The molecule has 0 aromatic heterocycles. The van der Waals surface area contributed by atoms with E-state index in [1.54, 1.807) is 0 Å². The second-order valence-electron chi connectivity index (χ2n) is 7.59. The van der Waals surface area contributed by atoms with Crippen LogP contribution in [0.3, 0.4) is 0 Å². The molecule has 0 nitrogen and oxygen atoms in total. The molecule has 3 fully saturated rings. The van der Waals surface area contributed by atoms with Gasteiger partial charge in [-0.05, 0) is 38.5 Å². The summed E-state index contributed by atoms with van der Waals surface area (Å²) in [5.74, 6) is 0. The van der Waals surface area contributed by atoms with Crippen LogP contribution in [0, 0.1) is 21.7 Å². The lowest BCUT2D eigenvalue weighted by molar-refractivity contribution is 0.107. The smallest absolute Gasteiger partial charge is 0.0879 e. The molecule has 0 amide bonds. The van der Waals surface area contributed by atoms with Gasteiger partial charge in [0.25, 0.3) is 0 Å². The van der Waals surface area contributed by atoms with Gasteiger partial charge in [0.05, 0.1) is 6.47 Å². The molecular weight excluding hydrogens is 512 g/mol. The van der Waals surface area contributed by atoms with Gasteiger partial charge < -0.3 is 0 Å². The van der Waals surface area contributed by atoms with E-state index in [0.29, 0.717) is 21.7 Å². The third-order valence-corrected chi connectivity index (χ3v) is 13.6. The van der Waals surface area contributed by atoms with E-state index in [2.05, 4.69) is 88.0 Å². The number of alkyl halides is 4. The van der Waals surface area contributed by atoms with Gasteiger partial charge in [-0.3, -0.25) is 0 Å². The van der Waals surface area contributed by atoms with Crippen LogP contribution in [-0.2, 0) is 0 Å². The third kappa shape index (κ3) is 0.991. The zero-order valence-electron chi connectivity index (χ0n) is 11.1. The molecule has 0 saturated heterocycles. The van der Waals surface area contributed by atoms with E-state index in [1.165, 1.54) is 38.5 Å². The summed E-state index contributed by atoms with van der Waals surface area (Å²) < 4.78 is 0.300. The fourth-order valence-electron chi connectivity index (χ4n) is 6.35. The van der Waals surface area contributed by atoms with Gasteiger partial charge >= 0.3 is 0 Å². The van der Waals surface area contributed by atoms with E-state index in [1.807, 2.05) is 0 Å². The van der Waals surface area contributed by atoms with Gasteiger partial charge in [-0.1, -0.05) is 88.0 Å². The number of hydrogen-bond acceptors (Lipinski definition) is 0. The highest BCUT2D eigenvalue weighted by Gasteiger charge is 2.98. The maximum Gasteiger partial charge on any atom is 0.0935 e. The van der Waals surface area contributed by atoms with Crippen molar-refractivity contribution in [2.75, 3.05) is 0 Å². The molecule has 4 heteroatoms. The molecule has 5 aliphatic carbocycles. The molecule has 0 aromatic carbocycles. The molecule has 0 aliphatic heterocycles. The first-order chi connectivity index (χ1) is 9.33. The molecular formula is C16H16Br4. The Bertz CT molecular complexity index is 495. The normalized spacial score (nSPS) is 59.0. The van der Waals surface area contributed by atoms with Crippen molar-refractivity contribution in [2.24, 2.45) is 21.7 Å². The first-order valence-electron chi connectivity index (χ1n) is 7.38. The molecule has 108 valence electrons. The monoisotopic (exact) mass is 524 g/mol. The van der Waals surface area contributed by atoms with Crippen molar-refractivity contribution >= 4 is 63.7 Å². The molecule has 0 radical (unpaired) electrons. The van der Waals surface area contributed by atoms with Crippen LogP contribution in [0.4, 0.5) is 0 Å². The quantitative estimate of drug-likeness (QED) is 0.252. The summed E-state index contributed by atoms with van der Waals surface area (Å²) in [7, 11) is 0. The van der Waals surface area contributed by atoms with Crippen LogP contribution in [-0.4, -0.2) is 6.47 Å². The summed E-state index contributed by atoms with van der Waals surface area (Å²) in [6.07, 6.45) is 17.2. The van der Waals surface area contributed by atoms with Crippen molar-refractivity contribution in [3.05, 3.63) is 24.3 Å². The molecule has 0 N–H and O–H groups in total. The van der Waals surface area contributed by atoms with Crippen LogP contribution in [0.15, 0.2) is 24.3 Å². The van der Waals surface area contributed by atoms with Gasteiger partial charge in [0.15, 0.2) is 0 Å². The van der Waals surface area contributed by atoms with E-state index >= 15 is 0 Å². The minimum atomic E-state index is 0.150. The minimum absolute atomic E-state index is 0.150. The van der Waals surface area contributed by atoms with Crippen molar-refractivity contribution < 1.29 is 0 Å². The number of rotatable bonds is 0. The highest BCUT2D eigenvalue weighted by molar-refractivity contribution is 9.26. The summed E-state index contributed by atoms with van der Waals surface area (Å²) in [4.78, 5) is 0. The van der Waals surface area contributed by atoms with Gasteiger partial charge in [0.2, 0.25) is 0 Å². The molecule has 3 saturated carbocycles. The Balaban J connectivity index is 1.70. The number of hydrogen-bond donors (Lipinski definition) is 0. The van der Waals surface area contributed by atoms with Gasteiger partial charge in [-0.25, -0.2) is 0 Å². The van der Waals surface area contributed by atoms with Crippen LogP contribution >= 0.6 is 63.7 Å². The maximum atomic E-state index is 4.09. The summed E-state index contributed by atoms with van der Waals surface area (Å²) >= 11 is 16.4. The molecule has 0 heterocycles. The predicted molar refractivity (Wildman–Crippen MR) is 96.9 cm³/mol. The van der Waals surface area contributed by atoms with Gasteiger partial charge in [-0.15, -0.1) is 0 Å². The maximum absolute atomic E-state index is 4.09. The Kier molecular flexibility index (Phi) is 2.36. The summed E-state index contributed by atoms with van der Waals surface area (Å²) in [6, 6.07) is 0. The predicted octanol–water partition coefficient (Wildman–Crippen LogP) is 6.43. The number of halogens is 4. The molecule has 5 aliphatic rings. The average Bonchev–Trinajstić information content (AvgIpc) is 3.06. The second-order valence-corrected chi connectivity index (χ2v) is 14.5. The SMILES string of the molecule is BrC1(Br)[C@@]23CC=CC[C@@]12C[C@@]12CC=CC[C@]1(C3)C2(Br)Br.